The van der Waals surface area contributed by atoms with Gasteiger partial charge in [-0.15, -0.1) is 22.7 Å². The number of hydrogen-bond donors (Lipinski definition) is 1. The number of thiazole rings is 1. The van der Waals surface area contributed by atoms with Gasteiger partial charge in [-0.1, -0.05) is 0 Å². The minimum atomic E-state index is 0.0240. The number of hydrogen-bond acceptors (Lipinski definition) is 5. The van der Waals surface area contributed by atoms with Gasteiger partial charge in [0.2, 0.25) is 0 Å². The molecule has 20 heavy (non-hydrogen) atoms. The molecule has 2 aromatic heterocycles. The van der Waals surface area contributed by atoms with Crippen LogP contribution in [0, 0.1) is 6.92 Å². The second-order valence-corrected chi connectivity index (χ2v) is 7.54. The maximum atomic E-state index is 4.93. The van der Waals surface area contributed by atoms with Crippen molar-refractivity contribution in [3.05, 3.63) is 27.4 Å². The maximum Gasteiger partial charge on any atom is 0.113 e. The maximum absolute atomic E-state index is 4.93. The first-order chi connectivity index (χ1) is 9.59. The molecule has 0 saturated carbocycles. The molecular weight excluding hydrogens is 286 g/mol. The molecule has 1 fully saturated rings. The third kappa shape index (κ3) is 2.55. The molecule has 1 saturated heterocycles. The minimum absolute atomic E-state index is 0.0240. The van der Waals surface area contributed by atoms with Crippen LogP contribution >= 0.6 is 22.7 Å². The molecule has 108 valence electrons. The number of rotatable bonds is 3. The molecule has 1 aliphatic rings. The standard InChI is InChI=1S/C15H21N3S2/c1-11-4-9-19-13(11)12-10-20-14(17-12)15(2,3)18-7-5-16-6-8-18/h4,9-10,16H,5-8H2,1-3H3. The van der Waals surface area contributed by atoms with Crippen molar-refractivity contribution in [2.24, 2.45) is 0 Å². The van der Waals surface area contributed by atoms with Gasteiger partial charge in [-0.05, 0) is 37.8 Å². The predicted octanol–water partition coefficient (Wildman–Crippen LogP) is 3.32. The summed E-state index contributed by atoms with van der Waals surface area (Å²) in [5, 5.41) is 8.99. The van der Waals surface area contributed by atoms with E-state index in [4.69, 9.17) is 4.98 Å². The molecule has 0 aromatic carbocycles. The highest BCUT2D eigenvalue weighted by Gasteiger charge is 2.32. The number of nitrogens with zero attached hydrogens (tertiary/aromatic N) is 2. The quantitative estimate of drug-likeness (QED) is 0.943. The number of aromatic nitrogens is 1. The third-order valence-corrected chi connectivity index (χ3v) is 6.22. The van der Waals surface area contributed by atoms with Crippen molar-refractivity contribution < 1.29 is 0 Å². The van der Waals surface area contributed by atoms with Gasteiger partial charge in [-0.3, -0.25) is 4.90 Å². The lowest BCUT2D eigenvalue weighted by Crippen LogP contribution is -2.51. The monoisotopic (exact) mass is 307 g/mol. The van der Waals surface area contributed by atoms with Crippen molar-refractivity contribution in [2.75, 3.05) is 26.2 Å². The van der Waals surface area contributed by atoms with Crippen LogP contribution in [-0.4, -0.2) is 36.1 Å². The molecule has 5 heteroatoms. The van der Waals surface area contributed by atoms with Crippen LogP contribution < -0.4 is 5.32 Å². The zero-order valence-corrected chi connectivity index (χ0v) is 13.9. The van der Waals surface area contributed by atoms with Crippen LogP contribution in [0.15, 0.2) is 16.8 Å². The summed E-state index contributed by atoms with van der Waals surface area (Å²) in [6.45, 7) is 11.1. The minimum Gasteiger partial charge on any atom is -0.314 e. The van der Waals surface area contributed by atoms with E-state index >= 15 is 0 Å². The lowest BCUT2D eigenvalue weighted by Gasteiger charge is -2.39. The van der Waals surface area contributed by atoms with E-state index in [0.717, 1.165) is 31.9 Å². The Kier molecular flexibility index (Phi) is 3.95. The van der Waals surface area contributed by atoms with Crippen LogP contribution in [0.2, 0.25) is 0 Å². The van der Waals surface area contributed by atoms with Gasteiger partial charge < -0.3 is 5.32 Å². The fourth-order valence-corrected chi connectivity index (χ4v) is 4.58. The normalized spacial score (nSPS) is 17.6. The Balaban J connectivity index is 1.87. The number of thiophene rings is 1. The Bertz CT molecular complexity index is 579. The van der Waals surface area contributed by atoms with E-state index in [-0.39, 0.29) is 5.54 Å². The smallest absolute Gasteiger partial charge is 0.113 e. The molecule has 0 bridgehead atoms. The second kappa shape index (κ2) is 5.56. The molecule has 3 rings (SSSR count). The second-order valence-electron chi connectivity index (χ2n) is 5.77. The number of piperazine rings is 1. The van der Waals surface area contributed by atoms with Gasteiger partial charge in [0.1, 0.15) is 5.01 Å². The van der Waals surface area contributed by atoms with Gasteiger partial charge in [0.05, 0.1) is 16.1 Å². The summed E-state index contributed by atoms with van der Waals surface area (Å²) >= 11 is 3.57. The molecule has 0 radical (unpaired) electrons. The Hall–Kier alpha value is -0.750. The molecule has 0 amide bonds. The van der Waals surface area contributed by atoms with Crippen molar-refractivity contribution in [3.63, 3.8) is 0 Å². The Labute approximate surface area is 128 Å². The zero-order chi connectivity index (χ0) is 14.2. The molecule has 0 unspecified atom stereocenters. The summed E-state index contributed by atoms with van der Waals surface area (Å²) in [5.41, 5.74) is 2.49. The molecule has 3 nitrogen and oxygen atoms in total. The predicted molar refractivity (Wildman–Crippen MR) is 87.6 cm³/mol. The highest BCUT2D eigenvalue weighted by atomic mass is 32.1. The van der Waals surface area contributed by atoms with E-state index in [1.165, 1.54) is 15.4 Å². The summed E-state index contributed by atoms with van der Waals surface area (Å²) in [5.74, 6) is 0. The van der Waals surface area contributed by atoms with Crippen LogP contribution in [0.25, 0.3) is 10.6 Å². The van der Waals surface area contributed by atoms with Crippen molar-refractivity contribution in [1.82, 2.24) is 15.2 Å². The molecule has 0 atom stereocenters. The molecule has 0 spiro atoms. The van der Waals surface area contributed by atoms with Gasteiger partial charge in [0, 0.05) is 31.6 Å². The summed E-state index contributed by atoms with van der Waals surface area (Å²) in [6, 6.07) is 2.17. The fourth-order valence-electron chi connectivity index (χ4n) is 2.65. The van der Waals surface area contributed by atoms with Crippen LogP contribution in [0.1, 0.15) is 24.4 Å². The van der Waals surface area contributed by atoms with E-state index < -0.39 is 0 Å². The largest absolute Gasteiger partial charge is 0.314 e. The van der Waals surface area contributed by atoms with Crippen molar-refractivity contribution in [1.29, 1.82) is 0 Å². The van der Waals surface area contributed by atoms with Crippen LogP contribution in [-0.2, 0) is 5.54 Å². The third-order valence-electron chi connectivity index (χ3n) is 4.03. The highest BCUT2D eigenvalue weighted by Crippen LogP contribution is 2.35. The molecule has 1 aliphatic heterocycles. The molecule has 0 aliphatic carbocycles. The van der Waals surface area contributed by atoms with Crippen molar-refractivity contribution in [3.8, 4) is 10.6 Å². The first-order valence-corrected chi connectivity index (χ1v) is 8.81. The van der Waals surface area contributed by atoms with Crippen molar-refractivity contribution >= 4 is 22.7 Å². The lowest BCUT2D eigenvalue weighted by molar-refractivity contribution is 0.102. The average molecular weight is 307 g/mol. The molecular formula is C15H21N3S2. The number of nitrogens with one attached hydrogen (secondary N) is 1. The van der Waals surface area contributed by atoms with Crippen LogP contribution in [0.5, 0.6) is 0 Å². The van der Waals surface area contributed by atoms with Crippen molar-refractivity contribution in [2.45, 2.75) is 26.3 Å². The van der Waals surface area contributed by atoms with Gasteiger partial charge in [-0.25, -0.2) is 4.98 Å². The highest BCUT2D eigenvalue weighted by molar-refractivity contribution is 7.14. The van der Waals surface area contributed by atoms with Gasteiger partial charge in [0.15, 0.2) is 0 Å². The van der Waals surface area contributed by atoms with E-state index in [1.54, 1.807) is 22.7 Å². The first kappa shape index (κ1) is 14.2. The Morgan fingerprint density at radius 1 is 1.25 bits per heavy atom. The van der Waals surface area contributed by atoms with Crippen LogP contribution in [0.3, 0.4) is 0 Å². The average Bonchev–Trinajstić information content (AvgIpc) is 3.08. The summed E-state index contributed by atoms with van der Waals surface area (Å²) in [4.78, 5) is 8.77. The van der Waals surface area contributed by atoms with E-state index in [0.29, 0.717) is 0 Å². The van der Waals surface area contributed by atoms with Crippen LogP contribution in [0.4, 0.5) is 0 Å². The van der Waals surface area contributed by atoms with E-state index in [9.17, 15) is 0 Å². The van der Waals surface area contributed by atoms with E-state index in [2.05, 4.69) is 47.8 Å². The summed E-state index contributed by atoms with van der Waals surface area (Å²) < 4.78 is 0. The van der Waals surface area contributed by atoms with Gasteiger partial charge in [0.25, 0.3) is 0 Å². The first-order valence-electron chi connectivity index (χ1n) is 7.05. The zero-order valence-electron chi connectivity index (χ0n) is 12.3. The summed E-state index contributed by atoms with van der Waals surface area (Å²) in [6.07, 6.45) is 0. The molecule has 2 aromatic rings. The fraction of sp³-hybridized carbons (Fsp3) is 0.533. The molecule has 3 heterocycles. The topological polar surface area (TPSA) is 28.2 Å². The molecule has 1 N–H and O–H groups in total. The summed E-state index contributed by atoms with van der Waals surface area (Å²) in [7, 11) is 0. The SMILES string of the molecule is Cc1ccsc1-c1csc(C(C)(C)N2CCNCC2)n1. The Morgan fingerprint density at radius 3 is 2.65 bits per heavy atom. The number of aryl methyl sites for hydroxylation is 1. The lowest BCUT2D eigenvalue weighted by atomic mass is 10.0. The van der Waals surface area contributed by atoms with E-state index in [1.807, 2.05) is 0 Å². The van der Waals surface area contributed by atoms with Gasteiger partial charge >= 0.3 is 0 Å². The Morgan fingerprint density at radius 2 is 2.00 bits per heavy atom. The van der Waals surface area contributed by atoms with Gasteiger partial charge in [-0.2, -0.15) is 0 Å².